The molecule has 120 valence electrons. The summed E-state index contributed by atoms with van der Waals surface area (Å²) in [6.45, 7) is 3.71. The zero-order valence-corrected chi connectivity index (χ0v) is 14.4. The van der Waals surface area contributed by atoms with Gasteiger partial charge in [-0.15, -0.1) is 11.3 Å². The molecule has 0 bridgehead atoms. The number of hydrogen-bond acceptors (Lipinski definition) is 4. The van der Waals surface area contributed by atoms with E-state index in [4.69, 9.17) is 4.42 Å². The smallest absolute Gasteiger partial charge is 0.236 e. The highest BCUT2D eigenvalue weighted by molar-refractivity contribution is 7.84. The van der Waals surface area contributed by atoms with Crippen molar-refractivity contribution in [3.05, 3.63) is 64.6 Å². The summed E-state index contributed by atoms with van der Waals surface area (Å²) in [7, 11) is -1.16. The van der Waals surface area contributed by atoms with Crippen molar-refractivity contribution < 1.29 is 13.0 Å². The van der Waals surface area contributed by atoms with E-state index in [0.717, 1.165) is 10.4 Å². The van der Waals surface area contributed by atoms with Gasteiger partial charge in [0.2, 0.25) is 5.89 Å². The molecule has 0 aliphatic carbocycles. The molecule has 23 heavy (non-hydrogen) atoms. The van der Waals surface area contributed by atoms with Gasteiger partial charge in [0.05, 0.1) is 21.6 Å². The Bertz CT molecular complexity index is 810. The first-order valence-electron chi connectivity index (χ1n) is 7.17. The molecule has 0 amide bonds. The Morgan fingerprint density at radius 1 is 1.30 bits per heavy atom. The Kier molecular flexibility index (Phi) is 4.73. The van der Waals surface area contributed by atoms with Crippen molar-refractivity contribution >= 4 is 22.1 Å². The van der Waals surface area contributed by atoms with Gasteiger partial charge in [-0.2, -0.15) is 0 Å². The van der Waals surface area contributed by atoms with E-state index in [2.05, 4.69) is 4.98 Å². The third kappa shape index (κ3) is 3.59. The second-order valence-electron chi connectivity index (χ2n) is 5.22. The first-order chi connectivity index (χ1) is 11.0. The maximum atomic E-state index is 13.0. The molecule has 2 heterocycles. The van der Waals surface area contributed by atoms with Gasteiger partial charge in [-0.05, 0) is 43.0 Å². The second kappa shape index (κ2) is 6.76. The summed E-state index contributed by atoms with van der Waals surface area (Å²) in [5.41, 5.74) is 1.56. The van der Waals surface area contributed by atoms with E-state index in [1.165, 1.54) is 12.1 Å². The summed E-state index contributed by atoms with van der Waals surface area (Å²) in [4.78, 5) is 5.43. The third-order valence-electron chi connectivity index (χ3n) is 3.64. The van der Waals surface area contributed by atoms with Gasteiger partial charge < -0.3 is 4.42 Å². The van der Waals surface area contributed by atoms with E-state index < -0.39 is 10.8 Å². The molecule has 0 saturated heterocycles. The van der Waals surface area contributed by atoms with Crippen LogP contribution in [0.25, 0.3) is 10.8 Å². The van der Waals surface area contributed by atoms with Crippen molar-refractivity contribution in [3.8, 4) is 10.8 Å². The Balaban J connectivity index is 1.76. The summed E-state index contributed by atoms with van der Waals surface area (Å²) < 4.78 is 31.3. The van der Waals surface area contributed by atoms with Crippen LogP contribution in [0.2, 0.25) is 0 Å². The molecule has 0 radical (unpaired) electrons. The molecule has 0 saturated carbocycles. The van der Waals surface area contributed by atoms with Gasteiger partial charge in [0.15, 0.2) is 0 Å². The highest BCUT2D eigenvalue weighted by Gasteiger charge is 2.19. The van der Waals surface area contributed by atoms with Crippen LogP contribution < -0.4 is 0 Å². The van der Waals surface area contributed by atoms with Crippen LogP contribution in [0, 0.1) is 12.7 Å². The maximum Gasteiger partial charge on any atom is 0.236 e. The number of benzene rings is 1. The zero-order chi connectivity index (χ0) is 16.4. The van der Waals surface area contributed by atoms with E-state index in [0.29, 0.717) is 23.1 Å². The van der Waals surface area contributed by atoms with Gasteiger partial charge in [-0.3, -0.25) is 4.21 Å². The van der Waals surface area contributed by atoms with Crippen LogP contribution in [-0.4, -0.2) is 9.19 Å². The van der Waals surface area contributed by atoms with Crippen molar-refractivity contribution in [3.63, 3.8) is 0 Å². The molecule has 0 spiro atoms. The molecular formula is C17H16FNO2S2. The number of oxazole rings is 1. The van der Waals surface area contributed by atoms with Gasteiger partial charge in [-0.1, -0.05) is 18.2 Å². The Hall–Kier alpha value is -1.79. The van der Waals surface area contributed by atoms with Gasteiger partial charge in [-0.25, -0.2) is 9.37 Å². The molecule has 0 fully saturated rings. The minimum Gasteiger partial charge on any atom is -0.440 e. The van der Waals surface area contributed by atoms with E-state index in [9.17, 15) is 8.60 Å². The zero-order valence-electron chi connectivity index (χ0n) is 12.8. The molecule has 0 N–H and O–H groups in total. The topological polar surface area (TPSA) is 43.1 Å². The molecule has 1 aromatic carbocycles. The predicted molar refractivity (Wildman–Crippen MR) is 91.2 cm³/mol. The lowest BCUT2D eigenvalue weighted by Gasteiger charge is -2.11. The lowest BCUT2D eigenvalue weighted by molar-refractivity contribution is 0.541. The minimum absolute atomic E-state index is 0.197. The molecule has 3 aromatic rings. The number of aryl methyl sites for hydroxylation is 1. The van der Waals surface area contributed by atoms with E-state index in [1.807, 2.05) is 31.4 Å². The molecule has 0 aliphatic rings. The van der Waals surface area contributed by atoms with Crippen molar-refractivity contribution in [2.75, 3.05) is 0 Å². The van der Waals surface area contributed by atoms with Gasteiger partial charge in [0.25, 0.3) is 0 Å². The lowest BCUT2D eigenvalue weighted by atomic mass is 10.2. The number of aromatic nitrogens is 1. The fourth-order valence-corrected chi connectivity index (χ4v) is 4.11. The van der Waals surface area contributed by atoms with Crippen molar-refractivity contribution in [2.45, 2.75) is 24.9 Å². The first kappa shape index (κ1) is 16.1. The minimum atomic E-state index is -1.16. The fourth-order valence-electron chi connectivity index (χ4n) is 2.21. The number of nitrogens with zero attached hydrogens (tertiary/aromatic N) is 1. The standard InChI is InChI=1S/C17H16FNO2S2/c1-11-15(19-17(21-11)16-4-3-9-22-16)10-23(20)12(2)13-5-7-14(18)8-6-13/h3-9,12H,10H2,1-2H3/t12-,23+/m1/s1. The van der Waals surface area contributed by atoms with Crippen LogP contribution in [0.1, 0.15) is 29.2 Å². The van der Waals surface area contributed by atoms with Gasteiger partial charge in [0, 0.05) is 10.8 Å². The number of halogens is 1. The molecule has 3 nitrogen and oxygen atoms in total. The van der Waals surface area contributed by atoms with Crippen molar-refractivity contribution in [1.82, 2.24) is 4.98 Å². The van der Waals surface area contributed by atoms with Gasteiger partial charge >= 0.3 is 0 Å². The number of rotatable bonds is 5. The molecule has 6 heteroatoms. The van der Waals surface area contributed by atoms with Crippen molar-refractivity contribution in [2.24, 2.45) is 0 Å². The fraction of sp³-hybridized carbons (Fsp3) is 0.235. The highest BCUT2D eigenvalue weighted by atomic mass is 32.2. The average Bonchev–Trinajstić information content (AvgIpc) is 3.18. The van der Waals surface area contributed by atoms with Crippen LogP contribution in [0.3, 0.4) is 0 Å². The second-order valence-corrected chi connectivity index (χ2v) is 7.92. The quantitative estimate of drug-likeness (QED) is 0.660. The normalized spacial score (nSPS) is 13.9. The molecular weight excluding hydrogens is 333 g/mol. The largest absolute Gasteiger partial charge is 0.440 e. The van der Waals surface area contributed by atoms with Crippen molar-refractivity contribution in [1.29, 1.82) is 0 Å². The average molecular weight is 349 g/mol. The Labute approximate surface area is 140 Å². The molecule has 2 aromatic heterocycles. The number of thiophene rings is 1. The third-order valence-corrected chi connectivity index (χ3v) is 6.11. The predicted octanol–water partition coefficient (Wildman–Crippen LogP) is 4.86. The SMILES string of the molecule is Cc1oc(-c2cccs2)nc1C[S@](=O)[C@H](C)c1ccc(F)cc1. The molecule has 0 unspecified atom stereocenters. The van der Waals surface area contributed by atoms with E-state index in [1.54, 1.807) is 23.5 Å². The van der Waals surface area contributed by atoms with E-state index in [-0.39, 0.29) is 11.1 Å². The monoisotopic (exact) mass is 349 g/mol. The van der Waals surface area contributed by atoms with Crippen LogP contribution in [0.5, 0.6) is 0 Å². The van der Waals surface area contributed by atoms with Crippen LogP contribution >= 0.6 is 11.3 Å². The molecule has 3 rings (SSSR count). The van der Waals surface area contributed by atoms with Crippen LogP contribution in [0.15, 0.2) is 46.2 Å². The Morgan fingerprint density at radius 3 is 2.70 bits per heavy atom. The Morgan fingerprint density at radius 2 is 2.04 bits per heavy atom. The summed E-state index contributed by atoms with van der Waals surface area (Å²) >= 11 is 1.55. The van der Waals surface area contributed by atoms with E-state index >= 15 is 0 Å². The van der Waals surface area contributed by atoms with Gasteiger partial charge in [0.1, 0.15) is 11.6 Å². The summed E-state index contributed by atoms with van der Waals surface area (Å²) in [5.74, 6) is 1.28. The molecule has 0 aliphatic heterocycles. The first-order valence-corrected chi connectivity index (χ1v) is 9.43. The molecule has 2 atom stereocenters. The maximum absolute atomic E-state index is 13.0. The highest BCUT2D eigenvalue weighted by Crippen LogP contribution is 2.28. The summed E-state index contributed by atoms with van der Waals surface area (Å²) in [5, 5.41) is 1.76. The lowest BCUT2D eigenvalue weighted by Crippen LogP contribution is -2.06. The summed E-state index contributed by atoms with van der Waals surface area (Å²) in [6, 6.07) is 10.00. The van der Waals surface area contributed by atoms with Crippen LogP contribution in [-0.2, 0) is 16.6 Å². The summed E-state index contributed by atoms with van der Waals surface area (Å²) in [6.07, 6.45) is 0. The van der Waals surface area contributed by atoms with Crippen LogP contribution in [0.4, 0.5) is 4.39 Å². The number of hydrogen-bond donors (Lipinski definition) is 0.